The second-order valence-electron chi connectivity index (χ2n) is 3.33. The molecule has 2 rings (SSSR count). The lowest BCUT2D eigenvalue weighted by atomic mass is 10.0. The van der Waals surface area contributed by atoms with E-state index in [4.69, 9.17) is 4.74 Å². The minimum absolute atomic E-state index is 0.722. The van der Waals surface area contributed by atoms with Crippen molar-refractivity contribution in [3.05, 3.63) is 22.9 Å². The fraction of sp³-hybridized carbons (Fsp3) is 0.500. The number of hydrogen-bond donors (Lipinski definition) is 1. The molecule has 0 bridgehead atoms. The number of aromatic nitrogens is 1. The largest absolute Gasteiger partial charge is 0.481 e. The molecule has 0 saturated heterocycles. The van der Waals surface area contributed by atoms with Gasteiger partial charge in [-0.25, -0.2) is 4.98 Å². The second kappa shape index (κ2) is 3.34. The molecular formula is C10H14N2O. The highest BCUT2D eigenvalue weighted by Gasteiger charge is 2.13. The average Bonchev–Trinajstić information content (AvgIpc) is 2.18. The summed E-state index contributed by atoms with van der Waals surface area (Å²) in [5, 5.41) is 3.30. The molecule has 0 fully saturated rings. The molecule has 1 aromatic heterocycles. The number of nitrogens with one attached hydrogen (secondary N) is 1. The summed E-state index contributed by atoms with van der Waals surface area (Å²) in [6.45, 7) is 4.05. The van der Waals surface area contributed by atoms with Gasteiger partial charge < -0.3 is 10.1 Å². The molecule has 1 aliphatic rings. The highest BCUT2D eigenvalue weighted by molar-refractivity contribution is 5.35. The van der Waals surface area contributed by atoms with Crippen LogP contribution in [0.15, 0.2) is 6.07 Å². The molecule has 3 heteroatoms. The molecule has 1 aliphatic heterocycles. The van der Waals surface area contributed by atoms with Crippen LogP contribution in [-0.4, -0.2) is 18.6 Å². The first-order valence-electron chi connectivity index (χ1n) is 4.55. The quantitative estimate of drug-likeness (QED) is 0.697. The summed E-state index contributed by atoms with van der Waals surface area (Å²) in [6.07, 6.45) is 1.08. The molecular weight excluding hydrogens is 164 g/mol. The van der Waals surface area contributed by atoms with E-state index in [1.165, 1.54) is 11.1 Å². The summed E-state index contributed by atoms with van der Waals surface area (Å²) in [5.74, 6) is 0.722. The Balaban J connectivity index is 2.47. The Hall–Kier alpha value is -1.09. The van der Waals surface area contributed by atoms with E-state index in [1.807, 2.05) is 6.07 Å². The SMILES string of the molecule is COc1cc(C)c2c(n1)CNCC2. The number of hydrogen-bond acceptors (Lipinski definition) is 3. The zero-order valence-corrected chi connectivity index (χ0v) is 8.05. The van der Waals surface area contributed by atoms with Crippen LogP contribution in [0.25, 0.3) is 0 Å². The van der Waals surface area contributed by atoms with Crippen LogP contribution in [0.2, 0.25) is 0 Å². The van der Waals surface area contributed by atoms with Gasteiger partial charge in [-0.2, -0.15) is 0 Å². The van der Waals surface area contributed by atoms with Crippen LogP contribution in [0.4, 0.5) is 0 Å². The van der Waals surface area contributed by atoms with Crippen molar-refractivity contribution in [3.63, 3.8) is 0 Å². The summed E-state index contributed by atoms with van der Waals surface area (Å²) >= 11 is 0. The maximum Gasteiger partial charge on any atom is 0.213 e. The number of rotatable bonds is 1. The van der Waals surface area contributed by atoms with Gasteiger partial charge in [0.2, 0.25) is 5.88 Å². The fourth-order valence-electron chi connectivity index (χ4n) is 1.75. The number of ether oxygens (including phenoxy) is 1. The van der Waals surface area contributed by atoms with Gasteiger partial charge >= 0.3 is 0 Å². The lowest BCUT2D eigenvalue weighted by Crippen LogP contribution is -2.25. The topological polar surface area (TPSA) is 34.1 Å². The molecule has 0 radical (unpaired) electrons. The van der Waals surface area contributed by atoms with Crippen molar-refractivity contribution < 1.29 is 4.74 Å². The fourth-order valence-corrected chi connectivity index (χ4v) is 1.75. The number of nitrogens with zero attached hydrogens (tertiary/aromatic N) is 1. The van der Waals surface area contributed by atoms with Crippen molar-refractivity contribution >= 4 is 0 Å². The maximum atomic E-state index is 5.12. The van der Waals surface area contributed by atoms with Crippen molar-refractivity contribution in [1.29, 1.82) is 0 Å². The van der Waals surface area contributed by atoms with Crippen LogP contribution < -0.4 is 10.1 Å². The minimum atomic E-state index is 0.722. The Morgan fingerprint density at radius 2 is 2.38 bits per heavy atom. The van der Waals surface area contributed by atoms with Crippen molar-refractivity contribution in [2.24, 2.45) is 0 Å². The Labute approximate surface area is 78.1 Å². The van der Waals surface area contributed by atoms with E-state index in [2.05, 4.69) is 17.2 Å². The molecule has 0 atom stereocenters. The normalized spacial score (nSPS) is 15.2. The Morgan fingerprint density at radius 1 is 1.54 bits per heavy atom. The minimum Gasteiger partial charge on any atom is -0.481 e. The second-order valence-corrected chi connectivity index (χ2v) is 3.33. The summed E-state index contributed by atoms with van der Waals surface area (Å²) < 4.78 is 5.12. The van der Waals surface area contributed by atoms with E-state index in [0.717, 1.165) is 31.1 Å². The molecule has 2 heterocycles. The Kier molecular flexibility index (Phi) is 2.19. The molecule has 3 nitrogen and oxygen atoms in total. The van der Waals surface area contributed by atoms with E-state index in [9.17, 15) is 0 Å². The van der Waals surface area contributed by atoms with E-state index in [0.29, 0.717) is 0 Å². The monoisotopic (exact) mass is 178 g/mol. The Bertz CT molecular complexity index is 323. The van der Waals surface area contributed by atoms with E-state index in [1.54, 1.807) is 7.11 Å². The molecule has 0 aromatic carbocycles. The molecule has 70 valence electrons. The first kappa shape index (κ1) is 8.51. The highest BCUT2D eigenvalue weighted by atomic mass is 16.5. The summed E-state index contributed by atoms with van der Waals surface area (Å²) in [5.41, 5.74) is 3.83. The summed E-state index contributed by atoms with van der Waals surface area (Å²) in [6, 6.07) is 2.00. The van der Waals surface area contributed by atoms with E-state index < -0.39 is 0 Å². The van der Waals surface area contributed by atoms with Crippen LogP contribution in [0.1, 0.15) is 16.8 Å². The van der Waals surface area contributed by atoms with Crippen LogP contribution in [-0.2, 0) is 13.0 Å². The van der Waals surface area contributed by atoms with Gasteiger partial charge in [0.1, 0.15) is 0 Å². The van der Waals surface area contributed by atoms with Gasteiger partial charge in [-0.3, -0.25) is 0 Å². The predicted octanol–water partition coefficient (Wildman–Crippen LogP) is 1.04. The zero-order valence-electron chi connectivity index (χ0n) is 8.05. The highest BCUT2D eigenvalue weighted by Crippen LogP contribution is 2.20. The van der Waals surface area contributed by atoms with Crippen molar-refractivity contribution in [3.8, 4) is 5.88 Å². The molecule has 0 unspecified atom stereocenters. The first-order chi connectivity index (χ1) is 6.31. The van der Waals surface area contributed by atoms with Crippen LogP contribution >= 0.6 is 0 Å². The van der Waals surface area contributed by atoms with Gasteiger partial charge in [0.05, 0.1) is 12.8 Å². The summed E-state index contributed by atoms with van der Waals surface area (Å²) in [4.78, 5) is 4.41. The van der Waals surface area contributed by atoms with Gasteiger partial charge in [-0.15, -0.1) is 0 Å². The molecule has 0 amide bonds. The van der Waals surface area contributed by atoms with Gasteiger partial charge in [-0.05, 0) is 31.0 Å². The summed E-state index contributed by atoms with van der Waals surface area (Å²) in [7, 11) is 1.66. The number of methoxy groups -OCH3 is 1. The van der Waals surface area contributed by atoms with Gasteiger partial charge in [0.25, 0.3) is 0 Å². The van der Waals surface area contributed by atoms with Crippen molar-refractivity contribution in [2.45, 2.75) is 19.9 Å². The standard InChI is InChI=1S/C10H14N2O/c1-7-5-10(13-2)12-9-6-11-4-3-8(7)9/h5,11H,3-4,6H2,1-2H3. The molecule has 1 aromatic rings. The molecule has 0 aliphatic carbocycles. The third kappa shape index (κ3) is 1.52. The van der Waals surface area contributed by atoms with Crippen LogP contribution in [0.3, 0.4) is 0 Å². The number of fused-ring (bicyclic) bond motifs is 1. The van der Waals surface area contributed by atoms with Crippen LogP contribution in [0.5, 0.6) is 5.88 Å². The van der Waals surface area contributed by atoms with E-state index in [-0.39, 0.29) is 0 Å². The number of pyridine rings is 1. The Morgan fingerprint density at radius 3 is 3.15 bits per heavy atom. The van der Waals surface area contributed by atoms with Crippen molar-refractivity contribution in [1.82, 2.24) is 10.3 Å². The zero-order chi connectivity index (χ0) is 9.26. The molecule has 0 saturated carbocycles. The average molecular weight is 178 g/mol. The predicted molar refractivity (Wildman–Crippen MR) is 50.9 cm³/mol. The first-order valence-corrected chi connectivity index (χ1v) is 4.55. The lowest BCUT2D eigenvalue weighted by Gasteiger charge is -2.18. The molecule has 0 spiro atoms. The third-order valence-electron chi connectivity index (χ3n) is 2.46. The van der Waals surface area contributed by atoms with Crippen LogP contribution in [0, 0.1) is 6.92 Å². The molecule has 1 N–H and O–H groups in total. The van der Waals surface area contributed by atoms with Gasteiger partial charge in [0, 0.05) is 12.6 Å². The smallest absolute Gasteiger partial charge is 0.213 e. The molecule has 13 heavy (non-hydrogen) atoms. The van der Waals surface area contributed by atoms with Crippen molar-refractivity contribution in [2.75, 3.05) is 13.7 Å². The van der Waals surface area contributed by atoms with E-state index >= 15 is 0 Å². The van der Waals surface area contributed by atoms with Gasteiger partial charge in [-0.1, -0.05) is 0 Å². The lowest BCUT2D eigenvalue weighted by molar-refractivity contribution is 0.393. The maximum absolute atomic E-state index is 5.12. The van der Waals surface area contributed by atoms with Gasteiger partial charge in [0.15, 0.2) is 0 Å². The third-order valence-corrected chi connectivity index (χ3v) is 2.46. The number of aryl methyl sites for hydroxylation is 1.